The highest BCUT2D eigenvalue weighted by molar-refractivity contribution is 7.86. The minimum atomic E-state index is -4.27. The number of rotatable bonds is 12. The monoisotopic (exact) mass is 1050 g/mol. The van der Waals surface area contributed by atoms with Crippen molar-refractivity contribution < 1.29 is 55.3 Å². The van der Waals surface area contributed by atoms with Crippen LogP contribution in [-0.4, -0.2) is 109 Å². The highest BCUT2D eigenvalue weighted by Gasteiger charge is 2.66. The van der Waals surface area contributed by atoms with Crippen molar-refractivity contribution in [1.29, 1.82) is 0 Å². The molecule has 15 rings (SSSR count). The lowest BCUT2D eigenvalue weighted by Gasteiger charge is -2.63. The van der Waals surface area contributed by atoms with Crippen LogP contribution in [0.25, 0.3) is 0 Å². The molecular formula is C54H88N4O12S2. The van der Waals surface area contributed by atoms with Gasteiger partial charge in [0, 0.05) is 38.0 Å². The zero-order chi connectivity index (χ0) is 51.8. The van der Waals surface area contributed by atoms with Crippen LogP contribution in [0.2, 0.25) is 0 Å². The topological polar surface area (TPSA) is 266 Å². The Balaban J connectivity index is 1.06. The van der Waals surface area contributed by atoms with Crippen molar-refractivity contribution in [3.05, 3.63) is 0 Å². The van der Waals surface area contributed by atoms with Crippen molar-refractivity contribution in [2.75, 3.05) is 24.6 Å². The summed E-state index contributed by atoms with van der Waals surface area (Å²) in [6, 6.07) is -0.117. The molecule has 7 aliphatic heterocycles. The summed E-state index contributed by atoms with van der Waals surface area (Å²) in [5, 5.41) is 36.7. The SMILES string of the molecule is C[C@@]12CC[C@H]3C4[C@@H](O)CC5CC(CC[C@@]53C)NC(=O)CC(=O)NC3CC[C@]5(C)C(C3)C[C@@H](O)C3[C@H]6CC[C@@H]([C@H](CCC(=O)NCCS(=O)(=O)O)C[C@H](CCC(=O)NCCS(=O)(=O)O)[C@H]1CC[C@@H]42)[C@]6(C)CC[C@H]35. The maximum absolute atomic E-state index is 13.6. The van der Waals surface area contributed by atoms with E-state index in [1.54, 1.807) is 0 Å². The molecule has 8 saturated carbocycles. The normalized spacial score (nSPS) is 46.1. The van der Waals surface area contributed by atoms with Crippen LogP contribution < -0.4 is 21.3 Å². The molecule has 0 aromatic heterocycles. The van der Waals surface area contributed by atoms with E-state index < -0.39 is 43.9 Å². The third-order valence-electron chi connectivity index (χ3n) is 23.2. The fourth-order valence-corrected chi connectivity index (χ4v) is 20.6. The summed E-state index contributed by atoms with van der Waals surface area (Å²) < 4.78 is 65.1. The second-order valence-corrected chi connectivity index (χ2v) is 29.6. The molecule has 0 spiro atoms. The van der Waals surface area contributed by atoms with Gasteiger partial charge < -0.3 is 31.5 Å². The molecule has 408 valence electrons. The number of carbonyl (C=O) groups is 4. The first-order valence-electron chi connectivity index (χ1n) is 28.2. The number of amides is 4. The molecule has 15 aliphatic rings. The van der Waals surface area contributed by atoms with Crippen molar-refractivity contribution >= 4 is 43.9 Å². The van der Waals surface area contributed by atoms with Crippen LogP contribution in [0.4, 0.5) is 0 Å². The maximum atomic E-state index is 13.6. The fourth-order valence-electron chi connectivity index (χ4n) is 19.8. The quantitative estimate of drug-likeness (QED) is 0.0851. The zero-order valence-corrected chi connectivity index (χ0v) is 45.1. The standard InChI is InChI=1S/C54H88N4O12S2/c1-51-17-13-35-26-33(51)28-43(59)49-39-9-7-37(53(39,3)19-15-41(49)51)31(5-11-45(61)55-21-23-71(65,66)67)25-32(6-12-46(62)56-22-24-72(68,69)70)38-8-10-40-50-42(16-20-54(38,40)4)52(2)18-14-36(27-34(52)29-44(50)60)58-48(64)30-47(63)57-35/h31-44,49-50,59-60H,5-30H2,1-4H3,(H,55,61)(H,56,62)(H,57,63)(H,58,64)(H,65,66,67)(H,68,69,70)/t31-,32+,33?,34?,35?,36?,37+,38-,39-,40+,41-,42+,43-,44+,49?,50?,51-,52+,53+,54-. The summed E-state index contributed by atoms with van der Waals surface area (Å²) in [7, 11) is -8.53. The number of aliphatic hydroxyl groups is 2. The number of aliphatic hydroxyl groups excluding tert-OH is 2. The Hall–Kier alpha value is -2.38. The van der Waals surface area contributed by atoms with Crippen LogP contribution in [0.15, 0.2) is 0 Å². The number of hydrogen-bond acceptors (Lipinski definition) is 10. The fraction of sp³-hybridized carbons (Fsp3) is 0.926. The highest BCUT2D eigenvalue weighted by atomic mass is 32.2. The van der Waals surface area contributed by atoms with Crippen molar-refractivity contribution in [2.45, 2.75) is 193 Å². The molecule has 0 aromatic rings. The van der Waals surface area contributed by atoms with Gasteiger partial charge in [0.15, 0.2) is 0 Å². The van der Waals surface area contributed by atoms with Gasteiger partial charge in [-0.1, -0.05) is 27.7 Å². The molecule has 18 heteroatoms. The third-order valence-corrected chi connectivity index (χ3v) is 24.6. The van der Waals surface area contributed by atoms with Gasteiger partial charge in [0.05, 0.1) is 23.7 Å². The van der Waals surface area contributed by atoms with Gasteiger partial charge in [-0.3, -0.25) is 28.3 Å². The van der Waals surface area contributed by atoms with Gasteiger partial charge in [-0.2, -0.15) is 16.8 Å². The molecule has 16 nitrogen and oxygen atoms in total. The van der Waals surface area contributed by atoms with Crippen molar-refractivity contribution in [3.8, 4) is 0 Å². The Labute approximate surface area is 429 Å². The average Bonchev–Trinajstić information content (AvgIpc) is 3.82. The lowest BCUT2D eigenvalue weighted by molar-refractivity contribution is -0.170. The lowest BCUT2D eigenvalue weighted by Crippen LogP contribution is -2.60. The molecule has 4 amide bonds. The predicted molar refractivity (Wildman–Crippen MR) is 271 cm³/mol. The summed E-state index contributed by atoms with van der Waals surface area (Å²) in [6.07, 6.45) is 15.2. The lowest BCUT2D eigenvalue weighted by atomic mass is 9.43. The van der Waals surface area contributed by atoms with Gasteiger partial charge in [-0.25, -0.2) is 0 Å². The van der Waals surface area contributed by atoms with Gasteiger partial charge >= 0.3 is 0 Å². The maximum Gasteiger partial charge on any atom is 0.266 e. The van der Waals surface area contributed by atoms with Crippen molar-refractivity contribution in [3.63, 3.8) is 0 Å². The van der Waals surface area contributed by atoms with Crippen molar-refractivity contribution in [1.82, 2.24) is 21.3 Å². The minimum Gasteiger partial charge on any atom is -0.393 e. The van der Waals surface area contributed by atoms with Gasteiger partial charge in [0.2, 0.25) is 23.6 Å². The molecule has 16 bridgehead atoms. The van der Waals surface area contributed by atoms with Crippen LogP contribution >= 0.6 is 0 Å². The first-order valence-corrected chi connectivity index (χ1v) is 31.4. The number of hydrogen-bond donors (Lipinski definition) is 8. The van der Waals surface area contributed by atoms with Crippen LogP contribution in [0.1, 0.15) is 169 Å². The Bertz CT molecular complexity index is 2130. The molecule has 72 heavy (non-hydrogen) atoms. The summed E-state index contributed by atoms with van der Waals surface area (Å²) >= 11 is 0. The second kappa shape index (κ2) is 20.5. The van der Waals surface area contributed by atoms with Crippen LogP contribution in [0.3, 0.4) is 0 Å². The number of nitrogens with one attached hydrogen (secondary N) is 4. The molecular weight excluding hydrogens is 961 g/mol. The van der Waals surface area contributed by atoms with E-state index in [1.807, 2.05) is 0 Å². The molecule has 20 atom stereocenters. The molecule has 7 heterocycles. The summed E-state index contributed by atoms with van der Waals surface area (Å²) in [5.41, 5.74) is -0.280. The van der Waals surface area contributed by atoms with E-state index in [2.05, 4.69) is 49.0 Å². The van der Waals surface area contributed by atoms with E-state index in [0.717, 1.165) is 96.3 Å². The smallest absolute Gasteiger partial charge is 0.266 e. The Kier molecular flexibility index (Phi) is 15.5. The Morgan fingerprint density at radius 2 is 0.889 bits per heavy atom. The molecule has 7 saturated heterocycles. The largest absolute Gasteiger partial charge is 0.393 e. The molecule has 8 N–H and O–H groups in total. The van der Waals surface area contributed by atoms with Crippen LogP contribution in [0, 0.1) is 92.7 Å². The van der Waals surface area contributed by atoms with Crippen molar-refractivity contribution in [2.24, 2.45) is 92.7 Å². The summed E-state index contributed by atoms with van der Waals surface area (Å²) in [6.45, 7) is 9.32. The van der Waals surface area contributed by atoms with E-state index in [4.69, 9.17) is 0 Å². The summed E-state index contributed by atoms with van der Waals surface area (Å²) in [5.74, 6) is 0.204. The molecule has 6 unspecified atom stereocenters. The second-order valence-electron chi connectivity index (χ2n) is 26.4. The molecule has 15 fully saturated rings. The first kappa shape index (κ1) is 54.4. The van der Waals surface area contributed by atoms with Gasteiger partial charge in [0.1, 0.15) is 6.42 Å². The van der Waals surface area contributed by atoms with E-state index in [0.29, 0.717) is 37.5 Å². The van der Waals surface area contributed by atoms with Crippen LogP contribution in [-0.2, 0) is 39.4 Å². The van der Waals surface area contributed by atoms with Crippen LogP contribution in [0.5, 0.6) is 0 Å². The summed E-state index contributed by atoms with van der Waals surface area (Å²) in [4.78, 5) is 54.3. The first-order chi connectivity index (χ1) is 33.8. The van der Waals surface area contributed by atoms with Gasteiger partial charge in [0.25, 0.3) is 20.2 Å². The van der Waals surface area contributed by atoms with Gasteiger partial charge in [-0.15, -0.1) is 0 Å². The Morgan fingerprint density at radius 1 is 0.528 bits per heavy atom. The minimum absolute atomic E-state index is 0.00459. The molecule has 0 aromatic carbocycles. The van der Waals surface area contributed by atoms with E-state index in [9.17, 15) is 55.3 Å². The third kappa shape index (κ3) is 10.7. The van der Waals surface area contributed by atoms with E-state index in [1.165, 1.54) is 0 Å². The average molecular weight is 1050 g/mol. The van der Waals surface area contributed by atoms with Gasteiger partial charge in [-0.05, 0) is 215 Å². The molecule has 0 radical (unpaired) electrons. The van der Waals surface area contributed by atoms with E-state index in [-0.39, 0.29) is 149 Å². The van der Waals surface area contributed by atoms with E-state index >= 15 is 0 Å². The predicted octanol–water partition coefficient (Wildman–Crippen LogP) is 5.81. The Morgan fingerprint density at radius 3 is 1.28 bits per heavy atom. The number of carbonyl (C=O) groups excluding carboxylic acids is 4. The molecule has 8 aliphatic carbocycles. The highest BCUT2D eigenvalue weighted by Crippen LogP contribution is 2.71. The zero-order valence-electron chi connectivity index (χ0n) is 43.5.